The lowest BCUT2D eigenvalue weighted by Gasteiger charge is -2.29. The van der Waals surface area contributed by atoms with E-state index in [9.17, 15) is 14.2 Å². The minimum Gasteiger partial charge on any atom is -0.431 e. The number of carbonyl (C=O) groups is 2. The second kappa shape index (κ2) is 12.1. The predicted molar refractivity (Wildman–Crippen MR) is 117 cm³/mol. The zero-order valence-corrected chi connectivity index (χ0v) is 19.0. The number of benzene rings is 1. The summed E-state index contributed by atoms with van der Waals surface area (Å²) in [6.45, 7) is 2.94. The van der Waals surface area contributed by atoms with Gasteiger partial charge in [-0.3, -0.25) is 14.0 Å². The van der Waals surface area contributed by atoms with Gasteiger partial charge in [0.25, 0.3) is 12.6 Å². The number of esters is 1. The summed E-state index contributed by atoms with van der Waals surface area (Å²) in [6, 6.07) is 6.27. The fraction of sp³-hybridized carbons (Fsp3) is 0.500. The third kappa shape index (κ3) is 7.12. The Hall–Kier alpha value is -1.56. The first-order valence-electron chi connectivity index (χ1n) is 9.51. The second-order valence-corrected chi connectivity index (χ2v) is 11.6. The van der Waals surface area contributed by atoms with Crippen LogP contribution in [0.2, 0.25) is 0 Å². The van der Waals surface area contributed by atoms with E-state index in [1.807, 2.05) is 13.8 Å². The molecule has 0 saturated carbocycles. The molecule has 1 aromatic rings. The van der Waals surface area contributed by atoms with Crippen molar-refractivity contribution in [2.45, 2.75) is 51.7 Å². The van der Waals surface area contributed by atoms with Crippen LogP contribution in [0.15, 0.2) is 36.6 Å². The van der Waals surface area contributed by atoms with Gasteiger partial charge in [-0.2, -0.15) is 0 Å². The molecule has 28 heavy (non-hydrogen) atoms. The van der Waals surface area contributed by atoms with Gasteiger partial charge in [0, 0.05) is 17.9 Å². The second-order valence-electron chi connectivity index (χ2n) is 6.40. The van der Waals surface area contributed by atoms with E-state index in [2.05, 4.69) is 12.0 Å². The molecule has 2 atom stereocenters. The van der Waals surface area contributed by atoms with Crippen LogP contribution in [0.5, 0.6) is 0 Å². The number of allylic oxidation sites excluding steroid dienone is 1. The molecule has 1 aromatic carbocycles. The van der Waals surface area contributed by atoms with Crippen molar-refractivity contribution in [2.24, 2.45) is 0 Å². The minimum absolute atomic E-state index is 0.134. The summed E-state index contributed by atoms with van der Waals surface area (Å²) in [5.74, 6) is -0.947. The Morgan fingerprint density at radius 2 is 2.00 bits per heavy atom. The van der Waals surface area contributed by atoms with Crippen LogP contribution >= 0.6 is 18.0 Å². The quantitative estimate of drug-likeness (QED) is 0.219. The third-order valence-electron chi connectivity index (χ3n) is 4.21. The maximum atomic E-state index is 13.2. The van der Waals surface area contributed by atoms with Crippen LogP contribution in [-0.2, 0) is 9.30 Å². The summed E-state index contributed by atoms with van der Waals surface area (Å²) < 4.78 is 19.5. The molecule has 0 aliphatic heterocycles. The van der Waals surface area contributed by atoms with Crippen LogP contribution in [0.1, 0.15) is 67.2 Å². The zero-order chi connectivity index (χ0) is 21.2. The SMILES string of the molecule is CCCCC=COC(=O)c1cccc(C(=O)N(C)P(=O)(NC)SC(C)CC)c1. The fourth-order valence-corrected chi connectivity index (χ4v) is 6.66. The Bertz CT molecular complexity index is 739. The van der Waals surface area contributed by atoms with Crippen LogP contribution in [0.25, 0.3) is 0 Å². The third-order valence-corrected chi connectivity index (χ3v) is 9.95. The number of ether oxygens (including phenoxy) is 1. The summed E-state index contributed by atoms with van der Waals surface area (Å²) in [5.41, 5.74) is 0.556. The van der Waals surface area contributed by atoms with Crippen molar-refractivity contribution >= 4 is 29.9 Å². The van der Waals surface area contributed by atoms with Gasteiger partial charge in [0.2, 0.25) is 0 Å². The van der Waals surface area contributed by atoms with Gasteiger partial charge in [-0.15, -0.1) is 0 Å². The summed E-state index contributed by atoms with van der Waals surface area (Å²) in [6.07, 6.45) is 6.98. The standard InChI is InChI=1S/C20H31N2O4PS/c1-6-8-9-10-14-26-20(24)18-13-11-12-17(15-18)19(23)22(5)27(25,21-4)28-16(3)7-2/h10-16H,6-9H2,1-5H3,(H,21,25). The van der Waals surface area contributed by atoms with Crippen molar-refractivity contribution in [3.63, 3.8) is 0 Å². The molecule has 0 aromatic heterocycles. The molecule has 0 bridgehead atoms. The molecule has 0 saturated heterocycles. The first-order valence-corrected chi connectivity index (χ1v) is 12.7. The molecule has 0 spiro atoms. The normalized spacial score (nSPS) is 14.5. The summed E-state index contributed by atoms with van der Waals surface area (Å²) in [7, 11) is 3.09. The van der Waals surface area contributed by atoms with Gasteiger partial charge in [-0.1, -0.05) is 44.6 Å². The van der Waals surface area contributed by atoms with E-state index in [-0.39, 0.29) is 16.4 Å². The molecule has 0 heterocycles. The Labute approximate surface area is 172 Å². The number of carbonyl (C=O) groups excluding carboxylic acids is 2. The lowest BCUT2D eigenvalue weighted by atomic mass is 10.1. The van der Waals surface area contributed by atoms with E-state index >= 15 is 0 Å². The van der Waals surface area contributed by atoms with E-state index in [0.29, 0.717) is 0 Å². The fourth-order valence-electron chi connectivity index (χ4n) is 2.25. The van der Waals surface area contributed by atoms with Crippen molar-refractivity contribution < 1.29 is 18.9 Å². The van der Waals surface area contributed by atoms with Crippen LogP contribution in [0.4, 0.5) is 0 Å². The van der Waals surface area contributed by atoms with Gasteiger partial charge in [-0.05, 0) is 50.6 Å². The Kier molecular flexibility index (Phi) is 10.6. The molecule has 0 aliphatic rings. The molecule has 1 N–H and O–H groups in total. The molecule has 6 nitrogen and oxygen atoms in total. The van der Waals surface area contributed by atoms with Gasteiger partial charge in [0.15, 0.2) is 0 Å². The van der Waals surface area contributed by atoms with Gasteiger partial charge in [-0.25, -0.2) is 9.88 Å². The number of hydrogen-bond donors (Lipinski definition) is 1. The van der Waals surface area contributed by atoms with Gasteiger partial charge in [0.1, 0.15) is 0 Å². The highest BCUT2D eigenvalue weighted by Gasteiger charge is 2.33. The van der Waals surface area contributed by atoms with Gasteiger partial charge >= 0.3 is 5.97 Å². The number of rotatable bonds is 11. The minimum atomic E-state index is -3.13. The molecule has 1 rings (SSSR count). The maximum absolute atomic E-state index is 13.2. The predicted octanol–water partition coefficient (Wildman–Crippen LogP) is 5.48. The molecular weight excluding hydrogens is 395 g/mol. The molecule has 0 aliphatic carbocycles. The molecule has 0 radical (unpaired) electrons. The first kappa shape index (κ1) is 24.5. The van der Waals surface area contributed by atoms with Crippen molar-refractivity contribution in [3.05, 3.63) is 47.7 Å². The monoisotopic (exact) mass is 426 g/mol. The molecule has 8 heteroatoms. The van der Waals surface area contributed by atoms with E-state index in [4.69, 9.17) is 4.74 Å². The van der Waals surface area contributed by atoms with Crippen LogP contribution in [0.3, 0.4) is 0 Å². The number of unbranched alkanes of at least 4 members (excludes halogenated alkanes) is 2. The lowest BCUT2D eigenvalue weighted by molar-refractivity contribution is 0.0662. The van der Waals surface area contributed by atoms with Crippen molar-refractivity contribution in [1.29, 1.82) is 0 Å². The maximum Gasteiger partial charge on any atom is 0.342 e. The van der Waals surface area contributed by atoms with E-state index < -0.39 is 18.5 Å². The first-order chi connectivity index (χ1) is 13.3. The summed E-state index contributed by atoms with van der Waals surface area (Å²) in [4.78, 5) is 25.1. The number of hydrogen-bond acceptors (Lipinski definition) is 5. The average molecular weight is 427 g/mol. The molecule has 156 valence electrons. The lowest BCUT2D eigenvalue weighted by Crippen LogP contribution is -2.28. The molecular formula is C20H31N2O4PS. The Morgan fingerprint density at radius 1 is 1.32 bits per heavy atom. The molecule has 1 amide bonds. The Balaban J connectivity index is 2.91. The van der Waals surface area contributed by atoms with Crippen LogP contribution < -0.4 is 5.09 Å². The van der Waals surface area contributed by atoms with Crippen molar-refractivity contribution in [1.82, 2.24) is 9.76 Å². The number of amides is 1. The van der Waals surface area contributed by atoms with Crippen molar-refractivity contribution in [3.8, 4) is 0 Å². The van der Waals surface area contributed by atoms with E-state index in [1.165, 1.54) is 35.4 Å². The number of nitrogens with zero attached hydrogens (tertiary/aromatic N) is 1. The average Bonchev–Trinajstić information content (AvgIpc) is 2.72. The van der Waals surface area contributed by atoms with Crippen molar-refractivity contribution in [2.75, 3.05) is 14.1 Å². The van der Waals surface area contributed by atoms with Gasteiger partial charge in [0.05, 0.1) is 11.8 Å². The topological polar surface area (TPSA) is 75.7 Å². The number of nitrogens with one attached hydrogen (secondary N) is 1. The highest BCUT2D eigenvalue weighted by Crippen LogP contribution is 2.59. The Morgan fingerprint density at radius 3 is 2.61 bits per heavy atom. The summed E-state index contributed by atoms with van der Waals surface area (Å²) in [5, 5.41) is 2.93. The van der Waals surface area contributed by atoms with Crippen LogP contribution in [0, 0.1) is 0 Å². The van der Waals surface area contributed by atoms with Gasteiger partial charge < -0.3 is 4.74 Å². The smallest absolute Gasteiger partial charge is 0.342 e. The van der Waals surface area contributed by atoms with E-state index in [0.717, 1.165) is 25.7 Å². The largest absolute Gasteiger partial charge is 0.431 e. The molecule has 0 fully saturated rings. The zero-order valence-electron chi connectivity index (χ0n) is 17.3. The molecule has 2 unspecified atom stereocenters. The highest BCUT2D eigenvalue weighted by atomic mass is 32.7. The highest BCUT2D eigenvalue weighted by molar-refractivity contribution is 8.57. The van der Waals surface area contributed by atoms with Crippen LogP contribution in [-0.4, -0.2) is 35.9 Å². The van der Waals surface area contributed by atoms with E-state index in [1.54, 1.807) is 31.3 Å². The summed E-state index contributed by atoms with van der Waals surface area (Å²) >= 11 is 1.25.